The van der Waals surface area contributed by atoms with Gasteiger partial charge in [-0.2, -0.15) is 0 Å². The molecule has 4 aromatic carbocycles. The van der Waals surface area contributed by atoms with Gasteiger partial charge in [-0.1, -0.05) is 100 Å². The molecule has 1 aliphatic rings. The molecule has 0 aliphatic carbocycles. The Morgan fingerprint density at radius 1 is 0.791 bits per heavy atom. The molecule has 0 amide bonds. The molecule has 1 heterocycles. The van der Waals surface area contributed by atoms with Crippen LogP contribution in [0.1, 0.15) is 66.0 Å². The summed E-state index contributed by atoms with van der Waals surface area (Å²) in [5.74, 6) is -0.0223. The van der Waals surface area contributed by atoms with E-state index in [9.17, 15) is 4.79 Å². The predicted octanol–water partition coefficient (Wildman–Crippen LogP) is 9.73. The zero-order valence-electron chi connectivity index (χ0n) is 27.6. The second kappa shape index (κ2) is 11.8. The van der Waals surface area contributed by atoms with E-state index in [4.69, 9.17) is 9.16 Å². The first-order valence-corrected chi connectivity index (χ1v) is 18.7. The van der Waals surface area contributed by atoms with E-state index in [0.717, 1.165) is 13.1 Å². The highest BCUT2D eigenvalue weighted by Gasteiger charge is 2.39. The molecule has 0 saturated carbocycles. The van der Waals surface area contributed by atoms with E-state index in [1.807, 2.05) is 20.8 Å². The summed E-state index contributed by atoms with van der Waals surface area (Å²) in [4.78, 5) is 15.9. The lowest BCUT2D eigenvalue weighted by molar-refractivity contribution is -0.157. The molecule has 1 aliphatic heterocycles. The molecule has 0 unspecified atom stereocenters. The molecule has 0 radical (unpaired) electrons. The van der Waals surface area contributed by atoms with Crippen LogP contribution >= 0.6 is 0 Å². The van der Waals surface area contributed by atoms with Crippen LogP contribution in [-0.4, -0.2) is 37.4 Å². The zero-order chi connectivity index (χ0) is 31.2. The van der Waals surface area contributed by atoms with Gasteiger partial charge in [0.2, 0.25) is 0 Å². The molecule has 0 aromatic heterocycles. The molecule has 4 nitrogen and oxygen atoms in total. The van der Waals surface area contributed by atoms with Crippen LogP contribution in [0, 0.1) is 5.92 Å². The first-order chi connectivity index (χ1) is 20.1. The first-order valence-electron chi connectivity index (χ1n) is 15.8. The maximum atomic E-state index is 13.4. The van der Waals surface area contributed by atoms with Crippen molar-refractivity contribution in [2.24, 2.45) is 5.92 Å². The fraction of sp³-hybridized carbons (Fsp3) is 0.447. The quantitative estimate of drug-likeness (QED) is 0.157. The lowest BCUT2D eigenvalue weighted by atomic mass is 9.88. The lowest BCUT2D eigenvalue weighted by Crippen LogP contribution is -2.46. The number of fused-ring (bicyclic) bond motifs is 7. The second-order valence-corrected chi connectivity index (χ2v) is 19.8. The maximum absolute atomic E-state index is 13.4. The highest BCUT2D eigenvalue weighted by atomic mass is 28.4. The molecule has 0 fully saturated rings. The minimum atomic E-state index is -1.96. The Bertz CT molecular complexity index is 1540. The van der Waals surface area contributed by atoms with Gasteiger partial charge in [0.05, 0.1) is 6.42 Å². The predicted molar refractivity (Wildman–Crippen MR) is 183 cm³/mol. The van der Waals surface area contributed by atoms with Crippen molar-refractivity contribution >= 4 is 35.8 Å². The zero-order valence-corrected chi connectivity index (χ0v) is 28.6. The Morgan fingerprint density at radius 3 is 1.74 bits per heavy atom. The van der Waals surface area contributed by atoms with Crippen LogP contribution in [-0.2, 0) is 27.0 Å². The number of benzene rings is 4. The Balaban J connectivity index is 1.61. The van der Waals surface area contributed by atoms with Crippen LogP contribution in [0.4, 0.5) is 0 Å². The molecule has 228 valence electrons. The van der Waals surface area contributed by atoms with Crippen molar-refractivity contribution in [2.75, 3.05) is 6.61 Å². The number of carbonyl (C=O) groups is 1. The third-order valence-corrected chi connectivity index (χ3v) is 14.0. The number of hydrogen-bond acceptors (Lipinski definition) is 4. The van der Waals surface area contributed by atoms with Crippen molar-refractivity contribution in [3.8, 4) is 11.1 Å². The van der Waals surface area contributed by atoms with Crippen LogP contribution < -0.4 is 0 Å². The Labute approximate surface area is 259 Å². The summed E-state index contributed by atoms with van der Waals surface area (Å²) in [6.07, 6.45) is 0.325. The van der Waals surface area contributed by atoms with Gasteiger partial charge in [-0.3, -0.25) is 9.69 Å². The summed E-state index contributed by atoms with van der Waals surface area (Å²) in [5, 5.41) is 5.16. The van der Waals surface area contributed by atoms with E-state index in [2.05, 4.69) is 118 Å². The summed E-state index contributed by atoms with van der Waals surface area (Å²) in [7, 11) is -1.96. The summed E-state index contributed by atoms with van der Waals surface area (Å²) >= 11 is 0. The van der Waals surface area contributed by atoms with Crippen molar-refractivity contribution in [3.63, 3.8) is 0 Å². The molecule has 43 heavy (non-hydrogen) atoms. The fourth-order valence-electron chi connectivity index (χ4n) is 6.13. The van der Waals surface area contributed by atoms with Crippen LogP contribution in [0.15, 0.2) is 72.8 Å². The van der Waals surface area contributed by atoms with E-state index >= 15 is 0 Å². The standard InChI is InChI=1S/C38H49NO3Si/c1-26(25-41-43(8,9)38(5,6)7)33(22-34(40)42-37(2,3)4)39-23-29-20-18-27-14-10-12-16-31(27)35(29)36-30(24-39)21-19-28-15-11-13-17-32(28)36/h10-21,26,33H,22-25H2,1-9H3/t26-,33-/m0/s1. The number of rotatable bonds is 7. The maximum Gasteiger partial charge on any atom is 0.307 e. The topological polar surface area (TPSA) is 38.8 Å². The highest BCUT2D eigenvalue weighted by molar-refractivity contribution is 6.74. The van der Waals surface area contributed by atoms with Crippen LogP contribution in [0.3, 0.4) is 0 Å². The first kappa shape index (κ1) is 31.4. The summed E-state index contributed by atoms with van der Waals surface area (Å²) in [5.41, 5.74) is 4.68. The molecule has 0 bridgehead atoms. The van der Waals surface area contributed by atoms with Crippen LogP contribution in [0.25, 0.3) is 32.7 Å². The Morgan fingerprint density at radius 2 is 1.28 bits per heavy atom. The van der Waals surface area contributed by atoms with Gasteiger partial charge in [0.1, 0.15) is 5.60 Å². The van der Waals surface area contributed by atoms with E-state index in [1.54, 1.807) is 0 Å². The normalized spacial score (nSPS) is 15.9. The highest BCUT2D eigenvalue weighted by Crippen LogP contribution is 2.43. The molecular formula is C38H49NO3Si. The third kappa shape index (κ3) is 6.74. The second-order valence-electron chi connectivity index (χ2n) is 15.0. The summed E-state index contributed by atoms with van der Waals surface area (Å²) < 4.78 is 12.7. The van der Waals surface area contributed by atoms with Crippen molar-refractivity contribution in [1.82, 2.24) is 4.90 Å². The molecule has 4 aromatic rings. The van der Waals surface area contributed by atoms with Gasteiger partial charge in [-0.15, -0.1) is 0 Å². The average molecular weight is 596 g/mol. The van der Waals surface area contributed by atoms with Crippen molar-refractivity contribution in [2.45, 2.75) is 97.8 Å². The van der Waals surface area contributed by atoms with Crippen molar-refractivity contribution in [3.05, 3.63) is 83.9 Å². The minimum absolute atomic E-state index is 0.0450. The molecule has 5 heteroatoms. The van der Waals surface area contributed by atoms with E-state index < -0.39 is 13.9 Å². The van der Waals surface area contributed by atoms with Crippen molar-refractivity contribution < 1.29 is 14.0 Å². The van der Waals surface area contributed by atoms with Gasteiger partial charge in [0.25, 0.3) is 0 Å². The van der Waals surface area contributed by atoms with Crippen LogP contribution in [0.2, 0.25) is 18.1 Å². The van der Waals surface area contributed by atoms with Gasteiger partial charge >= 0.3 is 5.97 Å². The lowest BCUT2D eigenvalue weighted by Gasteiger charge is -2.40. The van der Waals surface area contributed by atoms with Gasteiger partial charge in [0.15, 0.2) is 8.32 Å². The fourth-order valence-corrected chi connectivity index (χ4v) is 7.24. The van der Waals surface area contributed by atoms with Crippen LogP contribution in [0.5, 0.6) is 0 Å². The van der Waals surface area contributed by atoms with Crippen molar-refractivity contribution in [1.29, 1.82) is 0 Å². The summed E-state index contributed by atoms with van der Waals surface area (Å²) in [6, 6.07) is 26.5. The van der Waals surface area contributed by atoms with Gasteiger partial charge < -0.3 is 9.16 Å². The van der Waals surface area contributed by atoms with E-state index in [1.165, 1.54) is 43.8 Å². The number of hydrogen-bond donors (Lipinski definition) is 0. The van der Waals surface area contributed by atoms with Gasteiger partial charge in [-0.25, -0.2) is 0 Å². The monoisotopic (exact) mass is 595 g/mol. The number of nitrogens with zero attached hydrogens (tertiary/aromatic N) is 1. The minimum Gasteiger partial charge on any atom is -0.460 e. The molecule has 0 spiro atoms. The number of ether oxygens (including phenoxy) is 1. The number of esters is 1. The van der Waals surface area contributed by atoms with E-state index in [0.29, 0.717) is 13.0 Å². The molecule has 5 rings (SSSR count). The molecule has 0 saturated heterocycles. The SMILES string of the molecule is C[C@@H](CO[Si](C)(C)C(C)(C)C)[C@H](CC(=O)OC(C)(C)C)N1Cc2ccc3ccccc3c2-c2c(ccc3ccccc23)C1. The van der Waals surface area contributed by atoms with Gasteiger partial charge in [0, 0.05) is 25.7 Å². The summed E-state index contributed by atoms with van der Waals surface area (Å²) in [6.45, 7) is 21.6. The Kier molecular flexibility index (Phi) is 8.65. The average Bonchev–Trinajstić information content (AvgIpc) is 3.10. The molecular weight excluding hydrogens is 547 g/mol. The third-order valence-electron chi connectivity index (χ3n) is 9.46. The smallest absolute Gasteiger partial charge is 0.307 e. The Hall–Kier alpha value is -2.99. The molecule has 0 N–H and O–H groups in total. The number of carbonyl (C=O) groups excluding carboxylic acids is 1. The molecule has 2 atom stereocenters. The van der Waals surface area contributed by atoms with E-state index in [-0.39, 0.29) is 23.0 Å². The largest absolute Gasteiger partial charge is 0.460 e. The van der Waals surface area contributed by atoms with Gasteiger partial charge in [-0.05, 0) is 88.6 Å².